The van der Waals surface area contributed by atoms with Gasteiger partial charge in [-0.05, 0) is 50.9 Å². The molecule has 1 unspecified atom stereocenters. The molecule has 0 saturated carbocycles. The van der Waals surface area contributed by atoms with E-state index in [9.17, 15) is 5.11 Å². The standard InChI is InChI=1S/C15H20ClN3O/c1-11(20)12-5-8-18(9-6-12)10-13-15(16)17-14-4-2-3-7-19(13)14/h2-4,7,11-12,20H,5-6,8-10H2,1H3. The number of nitrogens with zero attached hydrogens (tertiary/aromatic N) is 3. The molecule has 108 valence electrons. The van der Waals surface area contributed by atoms with Crippen molar-refractivity contribution in [3.8, 4) is 0 Å². The van der Waals surface area contributed by atoms with Crippen LogP contribution in [-0.2, 0) is 6.54 Å². The minimum atomic E-state index is -0.198. The Morgan fingerprint density at radius 1 is 1.40 bits per heavy atom. The third kappa shape index (κ3) is 2.68. The van der Waals surface area contributed by atoms with Crippen molar-refractivity contribution in [1.29, 1.82) is 0 Å². The molecule has 1 fully saturated rings. The van der Waals surface area contributed by atoms with Crippen LogP contribution in [0.5, 0.6) is 0 Å². The average molecular weight is 294 g/mol. The molecule has 1 atom stereocenters. The molecule has 0 aliphatic carbocycles. The number of pyridine rings is 1. The van der Waals surface area contributed by atoms with Crippen molar-refractivity contribution in [1.82, 2.24) is 14.3 Å². The second-order valence-electron chi connectivity index (χ2n) is 5.63. The zero-order chi connectivity index (χ0) is 14.1. The fourth-order valence-corrected chi connectivity index (χ4v) is 3.20. The number of likely N-dealkylation sites (tertiary alicyclic amines) is 1. The summed E-state index contributed by atoms with van der Waals surface area (Å²) in [4.78, 5) is 6.77. The van der Waals surface area contributed by atoms with Gasteiger partial charge in [-0.3, -0.25) is 4.90 Å². The van der Waals surface area contributed by atoms with Crippen molar-refractivity contribution < 1.29 is 5.11 Å². The molecule has 0 radical (unpaired) electrons. The lowest BCUT2D eigenvalue weighted by atomic mass is 9.92. The summed E-state index contributed by atoms with van der Waals surface area (Å²) >= 11 is 6.27. The van der Waals surface area contributed by atoms with Crippen molar-refractivity contribution in [2.24, 2.45) is 5.92 Å². The predicted molar refractivity (Wildman–Crippen MR) is 79.9 cm³/mol. The van der Waals surface area contributed by atoms with Crippen molar-refractivity contribution in [3.63, 3.8) is 0 Å². The van der Waals surface area contributed by atoms with E-state index < -0.39 is 0 Å². The number of aliphatic hydroxyl groups is 1. The maximum Gasteiger partial charge on any atom is 0.152 e. The maximum atomic E-state index is 9.65. The van der Waals surface area contributed by atoms with Gasteiger partial charge in [0.15, 0.2) is 5.15 Å². The number of hydrogen-bond donors (Lipinski definition) is 1. The van der Waals surface area contributed by atoms with E-state index in [0.717, 1.165) is 43.8 Å². The topological polar surface area (TPSA) is 40.8 Å². The van der Waals surface area contributed by atoms with Crippen LogP contribution in [0.4, 0.5) is 0 Å². The molecule has 0 spiro atoms. The van der Waals surface area contributed by atoms with Gasteiger partial charge in [-0.15, -0.1) is 0 Å². The van der Waals surface area contributed by atoms with Gasteiger partial charge >= 0.3 is 0 Å². The lowest BCUT2D eigenvalue weighted by Crippen LogP contribution is -2.36. The normalized spacial score (nSPS) is 19.6. The highest BCUT2D eigenvalue weighted by Crippen LogP contribution is 2.24. The summed E-state index contributed by atoms with van der Waals surface area (Å²) in [5, 5.41) is 10.2. The summed E-state index contributed by atoms with van der Waals surface area (Å²) < 4.78 is 2.06. The minimum absolute atomic E-state index is 0.198. The highest BCUT2D eigenvalue weighted by molar-refractivity contribution is 6.30. The number of hydrogen-bond acceptors (Lipinski definition) is 3. The average Bonchev–Trinajstić information content (AvgIpc) is 2.76. The van der Waals surface area contributed by atoms with Gasteiger partial charge in [0.2, 0.25) is 0 Å². The lowest BCUT2D eigenvalue weighted by molar-refractivity contribution is 0.0691. The third-order valence-electron chi connectivity index (χ3n) is 4.27. The van der Waals surface area contributed by atoms with E-state index in [-0.39, 0.29) is 6.10 Å². The molecule has 2 aromatic heterocycles. The largest absolute Gasteiger partial charge is 0.393 e. The Morgan fingerprint density at radius 2 is 2.15 bits per heavy atom. The molecule has 3 rings (SSSR count). The Morgan fingerprint density at radius 3 is 2.85 bits per heavy atom. The smallest absolute Gasteiger partial charge is 0.152 e. The van der Waals surface area contributed by atoms with Gasteiger partial charge in [0.1, 0.15) is 5.65 Å². The number of imidazole rings is 1. The van der Waals surface area contributed by atoms with E-state index in [1.54, 1.807) is 0 Å². The second kappa shape index (κ2) is 5.72. The van der Waals surface area contributed by atoms with Crippen LogP contribution in [-0.4, -0.2) is 38.6 Å². The van der Waals surface area contributed by atoms with Crippen LogP contribution in [0.15, 0.2) is 24.4 Å². The quantitative estimate of drug-likeness (QED) is 0.946. The summed E-state index contributed by atoms with van der Waals surface area (Å²) in [6, 6.07) is 5.93. The number of fused-ring (bicyclic) bond motifs is 1. The summed E-state index contributed by atoms with van der Waals surface area (Å²) in [6.07, 6.45) is 3.90. The van der Waals surface area contributed by atoms with E-state index >= 15 is 0 Å². The Hall–Kier alpha value is -1.10. The van der Waals surface area contributed by atoms with Gasteiger partial charge in [0.05, 0.1) is 11.8 Å². The molecule has 1 aliphatic heterocycles. The molecule has 20 heavy (non-hydrogen) atoms. The first-order chi connectivity index (χ1) is 9.65. The van der Waals surface area contributed by atoms with Gasteiger partial charge in [0, 0.05) is 12.7 Å². The monoisotopic (exact) mass is 293 g/mol. The lowest BCUT2D eigenvalue weighted by Gasteiger charge is -2.33. The van der Waals surface area contributed by atoms with Crippen LogP contribution in [0.25, 0.3) is 5.65 Å². The molecular formula is C15H20ClN3O. The van der Waals surface area contributed by atoms with E-state index in [0.29, 0.717) is 11.1 Å². The molecule has 1 aliphatic rings. The number of halogens is 1. The molecule has 3 heterocycles. The summed E-state index contributed by atoms with van der Waals surface area (Å²) in [6.45, 7) is 4.72. The van der Waals surface area contributed by atoms with Crippen molar-refractivity contribution in [3.05, 3.63) is 35.2 Å². The fourth-order valence-electron chi connectivity index (χ4n) is 2.96. The van der Waals surface area contributed by atoms with Gasteiger partial charge in [-0.25, -0.2) is 4.98 Å². The number of piperidine rings is 1. The predicted octanol–water partition coefficient (Wildman–Crippen LogP) is 2.58. The molecule has 4 nitrogen and oxygen atoms in total. The molecule has 0 aromatic carbocycles. The van der Waals surface area contributed by atoms with E-state index in [4.69, 9.17) is 11.6 Å². The van der Waals surface area contributed by atoms with Crippen LogP contribution in [0, 0.1) is 5.92 Å². The third-order valence-corrected chi connectivity index (χ3v) is 4.57. The van der Waals surface area contributed by atoms with Gasteiger partial charge in [-0.2, -0.15) is 0 Å². The molecule has 0 amide bonds. The van der Waals surface area contributed by atoms with Crippen molar-refractivity contribution in [2.45, 2.75) is 32.4 Å². The Balaban J connectivity index is 1.73. The van der Waals surface area contributed by atoms with Gasteiger partial charge < -0.3 is 9.51 Å². The minimum Gasteiger partial charge on any atom is -0.393 e. The second-order valence-corrected chi connectivity index (χ2v) is 5.99. The molecule has 5 heteroatoms. The van der Waals surface area contributed by atoms with E-state index in [1.807, 2.05) is 31.3 Å². The first-order valence-electron chi connectivity index (χ1n) is 7.17. The Bertz CT molecular complexity index is 588. The summed E-state index contributed by atoms with van der Waals surface area (Å²) in [5.41, 5.74) is 1.95. The highest BCUT2D eigenvalue weighted by atomic mass is 35.5. The number of rotatable bonds is 3. The molecule has 0 bridgehead atoms. The molecule has 2 aromatic rings. The maximum absolute atomic E-state index is 9.65. The van der Waals surface area contributed by atoms with Crippen LogP contribution < -0.4 is 0 Å². The Kier molecular flexibility index (Phi) is 3.96. The zero-order valence-electron chi connectivity index (χ0n) is 11.7. The van der Waals surface area contributed by atoms with Crippen molar-refractivity contribution >= 4 is 17.2 Å². The van der Waals surface area contributed by atoms with Crippen molar-refractivity contribution in [2.75, 3.05) is 13.1 Å². The molecular weight excluding hydrogens is 274 g/mol. The fraction of sp³-hybridized carbons (Fsp3) is 0.533. The number of aromatic nitrogens is 2. The summed E-state index contributed by atoms with van der Waals surface area (Å²) in [5.74, 6) is 0.434. The highest BCUT2D eigenvalue weighted by Gasteiger charge is 2.24. The summed E-state index contributed by atoms with van der Waals surface area (Å²) in [7, 11) is 0. The first-order valence-corrected chi connectivity index (χ1v) is 7.55. The van der Waals surface area contributed by atoms with Crippen LogP contribution >= 0.6 is 11.6 Å². The first kappa shape index (κ1) is 13.9. The van der Waals surface area contributed by atoms with Crippen LogP contribution in [0.1, 0.15) is 25.5 Å². The van der Waals surface area contributed by atoms with Crippen LogP contribution in [0.3, 0.4) is 0 Å². The van der Waals surface area contributed by atoms with Crippen LogP contribution in [0.2, 0.25) is 5.15 Å². The van der Waals surface area contributed by atoms with E-state index in [2.05, 4.69) is 14.3 Å². The van der Waals surface area contributed by atoms with E-state index in [1.165, 1.54) is 0 Å². The zero-order valence-corrected chi connectivity index (χ0v) is 12.4. The van der Waals surface area contributed by atoms with Gasteiger partial charge in [-0.1, -0.05) is 17.7 Å². The molecule has 1 saturated heterocycles. The Labute approximate surface area is 124 Å². The molecule has 1 N–H and O–H groups in total. The van der Waals surface area contributed by atoms with Gasteiger partial charge in [0.25, 0.3) is 0 Å². The number of aliphatic hydroxyl groups excluding tert-OH is 1. The SMILES string of the molecule is CC(O)C1CCN(Cc2c(Cl)nc3ccccn23)CC1.